The average molecular weight is 337 g/mol. The first-order valence-electron chi connectivity index (χ1n) is 8.43. The van der Waals surface area contributed by atoms with Gasteiger partial charge in [0, 0.05) is 11.3 Å². The molecule has 5 nitrogen and oxygen atoms in total. The summed E-state index contributed by atoms with van der Waals surface area (Å²) in [5.41, 5.74) is 9.21. The van der Waals surface area contributed by atoms with Gasteiger partial charge in [-0.15, -0.1) is 0 Å². The van der Waals surface area contributed by atoms with Crippen molar-refractivity contribution in [2.75, 3.05) is 5.73 Å². The van der Waals surface area contributed by atoms with Crippen LogP contribution in [0.15, 0.2) is 54.6 Å². The molecule has 0 amide bonds. The summed E-state index contributed by atoms with van der Waals surface area (Å²) in [6.45, 7) is 4.60. The number of rotatable bonds is 7. The Balaban J connectivity index is 1.61. The summed E-state index contributed by atoms with van der Waals surface area (Å²) >= 11 is 0. The van der Waals surface area contributed by atoms with Gasteiger partial charge in [-0.05, 0) is 67.9 Å². The molecule has 3 rings (SSSR count). The number of anilines is 1. The molecule has 0 bridgehead atoms. The Morgan fingerprint density at radius 2 is 1.72 bits per heavy atom. The molecule has 3 aromatic rings. The lowest BCUT2D eigenvalue weighted by atomic mass is 10.1. The predicted octanol–water partition coefficient (Wildman–Crippen LogP) is 4.42. The molecule has 0 saturated heterocycles. The van der Waals surface area contributed by atoms with Crippen LogP contribution in [-0.4, -0.2) is 16.3 Å². The molecule has 0 aliphatic rings. The topological polar surface area (TPSA) is 73.2 Å². The van der Waals surface area contributed by atoms with Gasteiger partial charge in [0.05, 0.1) is 17.5 Å². The monoisotopic (exact) mass is 337 g/mol. The number of H-pyrrole nitrogens is 1. The smallest absolute Gasteiger partial charge is 0.130 e. The largest absolute Gasteiger partial charge is 0.491 e. The van der Waals surface area contributed by atoms with Gasteiger partial charge in [-0.1, -0.05) is 6.92 Å². The van der Waals surface area contributed by atoms with Crippen LogP contribution in [0.4, 0.5) is 5.69 Å². The second kappa shape index (κ2) is 7.75. The maximum atomic E-state index is 5.80. The van der Waals surface area contributed by atoms with Crippen molar-refractivity contribution < 1.29 is 9.47 Å². The standard InChI is InChI=1S/C20H23N3O2/c1-3-14(2)25-19-8-4-15(5-9-19)20-12-17(22-23-20)13-24-18-10-6-16(21)7-11-18/h4-12,14H,3,13,21H2,1-2H3,(H,22,23). The Labute approximate surface area is 147 Å². The van der Waals surface area contributed by atoms with Crippen molar-refractivity contribution in [1.82, 2.24) is 10.2 Å². The molecule has 0 fully saturated rings. The van der Waals surface area contributed by atoms with Crippen LogP contribution in [0, 0.1) is 0 Å². The van der Waals surface area contributed by atoms with Gasteiger partial charge in [0.2, 0.25) is 0 Å². The number of ether oxygens (including phenoxy) is 2. The van der Waals surface area contributed by atoms with Gasteiger partial charge in [-0.25, -0.2) is 0 Å². The minimum Gasteiger partial charge on any atom is -0.491 e. The molecular weight excluding hydrogens is 314 g/mol. The SMILES string of the molecule is CCC(C)Oc1ccc(-c2cc(COc3ccc(N)cc3)[nH]n2)cc1. The van der Waals surface area contributed by atoms with Gasteiger partial charge >= 0.3 is 0 Å². The lowest BCUT2D eigenvalue weighted by molar-refractivity contribution is 0.217. The Kier molecular flexibility index (Phi) is 5.23. The number of nitrogens with two attached hydrogens (primary N) is 1. The highest BCUT2D eigenvalue weighted by molar-refractivity contribution is 5.60. The van der Waals surface area contributed by atoms with Gasteiger partial charge < -0.3 is 15.2 Å². The van der Waals surface area contributed by atoms with E-state index in [9.17, 15) is 0 Å². The van der Waals surface area contributed by atoms with Gasteiger partial charge in [0.25, 0.3) is 0 Å². The minimum absolute atomic E-state index is 0.216. The Bertz CT molecular complexity index is 795. The second-order valence-corrected chi connectivity index (χ2v) is 6.00. The van der Waals surface area contributed by atoms with Gasteiger partial charge in [0.1, 0.15) is 18.1 Å². The molecular formula is C20H23N3O2. The van der Waals surface area contributed by atoms with Crippen molar-refractivity contribution in [3.63, 3.8) is 0 Å². The van der Waals surface area contributed by atoms with E-state index in [4.69, 9.17) is 15.2 Å². The Morgan fingerprint density at radius 3 is 2.40 bits per heavy atom. The third-order valence-corrected chi connectivity index (χ3v) is 3.97. The highest BCUT2D eigenvalue weighted by atomic mass is 16.5. The first-order valence-corrected chi connectivity index (χ1v) is 8.43. The van der Waals surface area contributed by atoms with E-state index >= 15 is 0 Å². The molecule has 0 spiro atoms. The number of hydrogen-bond donors (Lipinski definition) is 2. The van der Waals surface area contributed by atoms with Gasteiger partial charge in [-0.2, -0.15) is 5.10 Å². The van der Waals surface area contributed by atoms with Crippen molar-refractivity contribution in [1.29, 1.82) is 0 Å². The van der Waals surface area contributed by atoms with Crippen LogP contribution in [0.1, 0.15) is 26.0 Å². The third kappa shape index (κ3) is 4.53. The number of nitrogens with zero attached hydrogens (tertiary/aromatic N) is 1. The number of benzene rings is 2. The summed E-state index contributed by atoms with van der Waals surface area (Å²) in [6.07, 6.45) is 1.20. The van der Waals surface area contributed by atoms with Crippen LogP contribution in [-0.2, 0) is 6.61 Å². The maximum Gasteiger partial charge on any atom is 0.130 e. The van der Waals surface area contributed by atoms with Crippen LogP contribution in [0.5, 0.6) is 11.5 Å². The number of nitrogen functional groups attached to an aromatic ring is 1. The minimum atomic E-state index is 0.216. The van der Waals surface area contributed by atoms with Crippen molar-refractivity contribution in [3.05, 3.63) is 60.3 Å². The Morgan fingerprint density at radius 1 is 1.04 bits per heavy atom. The number of aromatic nitrogens is 2. The van der Waals surface area contributed by atoms with Crippen LogP contribution in [0.3, 0.4) is 0 Å². The van der Waals surface area contributed by atoms with E-state index in [0.717, 1.165) is 40.6 Å². The molecule has 0 radical (unpaired) electrons. The highest BCUT2D eigenvalue weighted by Gasteiger charge is 2.06. The summed E-state index contributed by atoms with van der Waals surface area (Å²) in [7, 11) is 0. The first kappa shape index (κ1) is 16.9. The van der Waals surface area contributed by atoms with Gasteiger partial charge in [-0.3, -0.25) is 5.10 Å². The van der Waals surface area contributed by atoms with Crippen LogP contribution in [0.2, 0.25) is 0 Å². The zero-order valence-electron chi connectivity index (χ0n) is 14.5. The lowest BCUT2D eigenvalue weighted by Crippen LogP contribution is -2.09. The molecule has 0 aliphatic heterocycles. The van der Waals surface area contributed by atoms with E-state index in [2.05, 4.69) is 24.0 Å². The van der Waals surface area contributed by atoms with Crippen molar-refractivity contribution in [3.8, 4) is 22.8 Å². The summed E-state index contributed by atoms with van der Waals surface area (Å²) < 4.78 is 11.5. The quantitative estimate of drug-likeness (QED) is 0.626. The molecule has 25 heavy (non-hydrogen) atoms. The first-order chi connectivity index (χ1) is 12.1. The van der Waals surface area contributed by atoms with Crippen LogP contribution < -0.4 is 15.2 Å². The molecule has 1 heterocycles. The van der Waals surface area contributed by atoms with Crippen molar-refractivity contribution in [2.45, 2.75) is 33.0 Å². The highest BCUT2D eigenvalue weighted by Crippen LogP contribution is 2.23. The van der Waals surface area contributed by atoms with E-state index in [1.807, 2.05) is 54.6 Å². The molecule has 130 valence electrons. The summed E-state index contributed by atoms with van der Waals surface area (Å²) in [5.74, 6) is 1.65. The number of aromatic amines is 1. The predicted molar refractivity (Wildman–Crippen MR) is 99.6 cm³/mol. The van der Waals surface area contributed by atoms with Crippen LogP contribution >= 0.6 is 0 Å². The summed E-state index contributed by atoms with van der Waals surface area (Å²) in [4.78, 5) is 0. The fourth-order valence-electron chi connectivity index (χ4n) is 2.33. The zero-order chi connectivity index (χ0) is 17.6. The van der Waals surface area contributed by atoms with Gasteiger partial charge in [0.15, 0.2) is 0 Å². The molecule has 0 aliphatic carbocycles. The van der Waals surface area contributed by atoms with Crippen molar-refractivity contribution in [2.24, 2.45) is 0 Å². The third-order valence-electron chi connectivity index (χ3n) is 3.97. The molecule has 2 aromatic carbocycles. The number of nitrogens with one attached hydrogen (secondary N) is 1. The Hall–Kier alpha value is -2.95. The van der Waals surface area contributed by atoms with E-state index in [-0.39, 0.29) is 6.10 Å². The zero-order valence-corrected chi connectivity index (χ0v) is 14.5. The van der Waals surface area contributed by atoms with E-state index < -0.39 is 0 Å². The van der Waals surface area contributed by atoms with Crippen molar-refractivity contribution >= 4 is 5.69 Å². The van der Waals surface area contributed by atoms with E-state index in [1.54, 1.807) is 0 Å². The normalized spacial score (nSPS) is 11.9. The fourth-order valence-corrected chi connectivity index (χ4v) is 2.33. The second-order valence-electron chi connectivity index (χ2n) is 6.00. The molecule has 1 aromatic heterocycles. The molecule has 5 heteroatoms. The molecule has 1 atom stereocenters. The average Bonchev–Trinajstić information content (AvgIpc) is 3.11. The number of hydrogen-bond acceptors (Lipinski definition) is 4. The van der Waals surface area contributed by atoms with E-state index in [1.165, 1.54) is 0 Å². The summed E-state index contributed by atoms with van der Waals surface area (Å²) in [6, 6.07) is 17.3. The molecule has 3 N–H and O–H groups in total. The van der Waals surface area contributed by atoms with E-state index in [0.29, 0.717) is 6.61 Å². The fraction of sp³-hybridized carbons (Fsp3) is 0.250. The van der Waals surface area contributed by atoms with Crippen LogP contribution in [0.25, 0.3) is 11.3 Å². The lowest BCUT2D eigenvalue weighted by Gasteiger charge is -2.12. The molecule has 0 saturated carbocycles. The maximum absolute atomic E-state index is 5.80. The summed E-state index contributed by atoms with van der Waals surface area (Å²) in [5, 5.41) is 7.36. The molecule has 1 unspecified atom stereocenters.